The maximum Gasteiger partial charge on any atom is 0.250 e. The van der Waals surface area contributed by atoms with Gasteiger partial charge in [0.05, 0.1) is 5.75 Å². The lowest BCUT2D eigenvalue weighted by Gasteiger charge is -2.26. The van der Waals surface area contributed by atoms with Crippen molar-refractivity contribution in [1.82, 2.24) is 4.57 Å². The molecule has 9 heteroatoms. The van der Waals surface area contributed by atoms with Crippen molar-refractivity contribution in [3.8, 4) is 11.1 Å². The molecule has 214 valence electrons. The number of carbonyl (C=O) groups is 1. The average molecular weight is 586 g/mol. The number of benzene rings is 2. The zero-order valence-corrected chi connectivity index (χ0v) is 25.2. The largest absolute Gasteiger partial charge is 0.318 e. The third kappa shape index (κ3) is 6.86. The van der Waals surface area contributed by atoms with Crippen LogP contribution in [-0.2, 0) is 33.4 Å². The van der Waals surface area contributed by atoms with E-state index in [0.29, 0.717) is 33.6 Å². The molecular weight excluding hydrogens is 549 g/mol. The molecule has 40 heavy (non-hydrogen) atoms. The van der Waals surface area contributed by atoms with E-state index in [1.807, 2.05) is 20.8 Å². The minimum atomic E-state index is -3.36. The number of hydrogen-bond donors (Lipinski definition) is 0. The predicted molar refractivity (Wildman–Crippen MR) is 158 cm³/mol. The van der Waals surface area contributed by atoms with Gasteiger partial charge in [0.2, 0.25) is 0 Å². The van der Waals surface area contributed by atoms with E-state index < -0.39 is 31.2 Å². The Balaban J connectivity index is 1.95. The Bertz CT molecular complexity index is 1610. The number of rotatable bonds is 10. The number of halogens is 1. The van der Waals surface area contributed by atoms with E-state index in [0.717, 1.165) is 12.8 Å². The number of sulfone groups is 1. The van der Waals surface area contributed by atoms with Crippen LogP contribution in [0.3, 0.4) is 0 Å². The number of carbonyl (C=O) groups excluding carboxylic acids is 1. The molecule has 4 rings (SSSR count). The smallest absolute Gasteiger partial charge is 0.250 e. The van der Waals surface area contributed by atoms with Gasteiger partial charge in [-0.05, 0) is 92.5 Å². The van der Waals surface area contributed by atoms with Crippen LogP contribution in [0.25, 0.3) is 11.1 Å². The molecule has 0 amide bonds. The molecule has 0 aliphatic heterocycles. The topological polar surface area (TPSA) is 90.3 Å². The quantitative estimate of drug-likeness (QED) is 0.297. The van der Waals surface area contributed by atoms with Crippen LogP contribution in [0, 0.1) is 11.7 Å². The lowest BCUT2D eigenvalue weighted by Crippen LogP contribution is -2.28. The molecule has 1 aliphatic rings. The summed E-state index contributed by atoms with van der Waals surface area (Å²) in [6.45, 7) is 7.36. The van der Waals surface area contributed by atoms with Crippen LogP contribution in [0.2, 0.25) is 0 Å². The second-order valence-electron chi connectivity index (χ2n) is 11.6. The number of ketones is 1. The first-order valence-corrected chi connectivity index (χ1v) is 16.6. The molecule has 0 spiro atoms. The van der Waals surface area contributed by atoms with Crippen molar-refractivity contribution in [3.63, 3.8) is 0 Å². The molecule has 1 saturated carbocycles. The number of aromatic nitrogens is 1. The summed E-state index contributed by atoms with van der Waals surface area (Å²) < 4.78 is 52.9. The van der Waals surface area contributed by atoms with Crippen molar-refractivity contribution in [2.45, 2.75) is 57.0 Å². The fraction of sp³-hybridized carbons (Fsp3) is 0.419. The zero-order chi connectivity index (χ0) is 29.4. The number of pyridine rings is 1. The molecular formula is C31H36FNO5S2. The molecule has 0 unspecified atom stereocenters. The minimum Gasteiger partial charge on any atom is -0.318 e. The molecule has 3 aromatic rings. The van der Waals surface area contributed by atoms with Gasteiger partial charge in [0.25, 0.3) is 5.56 Å². The van der Waals surface area contributed by atoms with Gasteiger partial charge in [0.15, 0.2) is 15.6 Å². The summed E-state index contributed by atoms with van der Waals surface area (Å²) in [5, 5.41) is 0. The highest BCUT2D eigenvalue weighted by Crippen LogP contribution is 2.46. The van der Waals surface area contributed by atoms with Gasteiger partial charge in [-0.15, -0.1) is 0 Å². The normalized spacial score (nSPS) is 15.6. The molecule has 1 heterocycles. The molecule has 0 N–H and O–H groups in total. The van der Waals surface area contributed by atoms with Gasteiger partial charge in [0, 0.05) is 63.1 Å². The maximum absolute atomic E-state index is 13.7. The van der Waals surface area contributed by atoms with E-state index in [-0.39, 0.29) is 40.2 Å². The predicted octanol–water partition coefficient (Wildman–Crippen LogP) is 5.40. The highest BCUT2D eigenvalue weighted by molar-refractivity contribution is 7.90. The van der Waals surface area contributed by atoms with Crippen molar-refractivity contribution < 1.29 is 21.8 Å². The highest BCUT2D eigenvalue weighted by atomic mass is 32.2. The Morgan fingerprint density at radius 3 is 2.30 bits per heavy atom. The zero-order valence-electron chi connectivity index (χ0n) is 23.6. The first-order valence-electron chi connectivity index (χ1n) is 13.4. The number of aryl methyl sites for hydroxylation is 1. The Hall–Kier alpha value is -2.91. The van der Waals surface area contributed by atoms with Gasteiger partial charge in [-0.1, -0.05) is 19.1 Å². The van der Waals surface area contributed by atoms with E-state index >= 15 is 0 Å². The van der Waals surface area contributed by atoms with Gasteiger partial charge in [-0.3, -0.25) is 13.8 Å². The molecule has 1 fully saturated rings. The van der Waals surface area contributed by atoms with E-state index in [1.54, 1.807) is 44.4 Å². The van der Waals surface area contributed by atoms with Crippen LogP contribution < -0.4 is 5.56 Å². The molecule has 0 radical (unpaired) electrons. The van der Waals surface area contributed by atoms with Crippen molar-refractivity contribution >= 4 is 26.4 Å². The van der Waals surface area contributed by atoms with Crippen LogP contribution in [0.5, 0.6) is 0 Å². The van der Waals surface area contributed by atoms with Crippen LogP contribution in [0.4, 0.5) is 4.39 Å². The second kappa shape index (κ2) is 11.5. The van der Waals surface area contributed by atoms with Crippen LogP contribution in [-0.4, -0.2) is 39.2 Å². The van der Waals surface area contributed by atoms with Crippen molar-refractivity contribution in [3.05, 3.63) is 93.2 Å². The summed E-state index contributed by atoms with van der Waals surface area (Å²) >= 11 is 0. The fourth-order valence-electron chi connectivity index (χ4n) is 4.78. The summed E-state index contributed by atoms with van der Waals surface area (Å²) in [5.41, 5.74) is 2.75. The summed E-state index contributed by atoms with van der Waals surface area (Å²) in [6, 6.07) is 11.8. The second-order valence-corrected chi connectivity index (χ2v) is 16.2. The third-order valence-electron chi connectivity index (χ3n) is 7.42. The van der Waals surface area contributed by atoms with Gasteiger partial charge < -0.3 is 4.57 Å². The molecule has 0 saturated heterocycles. The molecule has 1 aromatic heterocycles. The minimum absolute atomic E-state index is 0.0218. The molecule has 1 aliphatic carbocycles. The average Bonchev–Trinajstić information content (AvgIpc) is 3.73. The Kier molecular flexibility index (Phi) is 8.66. The van der Waals surface area contributed by atoms with E-state index in [2.05, 4.69) is 0 Å². The lowest BCUT2D eigenvalue weighted by molar-refractivity contribution is 0.103. The van der Waals surface area contributed by atoms with Crippen molar-refractivity contribution in [1.29, 1.82) is 0 Å². The van der Waals surface area contributed by atoms with E-state index in [4.69, 9.17) is 0 Å². The summed E-state index contributed by atoms with van der Waals surface area (Å²) in [5.74, 6) is -0.552. The van der Waals surface area contributed by atoms with Crippen molar-refractivity contribution in [2.24, 2.45) is 13.0 Å². The third-order valence-corrected chi connectivity index (χ3v) is 11.1. The van der Waals surface area contributed by atoms with Crippen LogP contribution >= 0.6 is 0 Å². The Morgan fingerprint density at radius 2 is 1.73 bits per heavy atom. The SMILES string of the molecule is CCS(=O)(=O)Cc1ccc(C(=O)c2ccc(F)cc2)c(-c2cn(C)c(=O)cc2[C@@H](C[S@@](=O)C(C)(C)C)C2CC2)c1. The molecule has 2 atom stereocenters. The van der Waals surface area contributed by atoms with E-state index in [9.17, 15) is 26.6 Å². The molecule has 2 aromatic carbocycles. The first-order chi connectivity index (χ1) is 18.7. The maximum atomic E-state index is 13.7. The van der Waals surface area contributed by atoms with Crippen molar-refractivity contribution in [2.75, 3.05) is 11.5 Å². The van der Waals surface area contributed by atoms with Gasteiger partial charge in [-0.2, -0.15) is 0 Å². The summed E-state index contributed by atoms with van der Waals surface area (Å²) in [4.78, 5) is 26.7. The van der Waals surface area contributed by atoms with Gasteiger partial charge in [-0.25, -0.2) is 12.8 Å². The fourth-order valence-corrected chi connectivity index (χ4v) is 6.95. The monoisotopic (exact) mass is 585 g/mol. The Labute approximate surface area is 238 Å². The molecule has 0 bridgehead atoms. The lowest BCUT2D eigenvalue weighted by atomic mass is 9.86. The molecule has 6 nitrogen and oxygen atoms in total. The standard InChI is InChI=1S/C31H36FNO5S2/c1-6-40(37,38)19-20-7-14-24(30(35)22-10-12-23(32)13-11-22)25(15-20)27-17-33(5)29(34)16-26(27)28(21-8-9-21)18-39(36)31(2,3)4/h7,10-17,21,28H,6,8-9,18-19H2,1-5H3/t28-,39+/m0/s1. The van der Waals surface area contributed by atoms with Gasteiger partial charge >= 0.3 is 0 Å². The van der Waals surface area contributed by atoms with Crippen LogP contribution in [0.15, 0.2) is 59.5 Å². The van der Waals surface area contributed by atoms with Gasteiger partial charge in [0.1, 0.15) is 5.82 Å². The highest BCUT2D eigenvalue weighted by Gasteiger charge is 2.37. The van der Waals surface area contributed by atoms with E-state index in [1.165, 1.54) is 28.8 Å². The number of hydrogen-bond acceptors (Lipinski definition) is 5. The summed E-state index contributed by atoms with van der Waals surface area (Å²) in [6.07, 6.45) is 3.59. The first kappa shape index (κ1) is 30.1. The van der Waals surface area contributed by atoms with Crippen LogP contribution in [0.1, 0.15) is 73.5 Å². The Morgan fingerprint density at radius 1 is 1.07 bits per heavy atom. The summed E-state index contributed by atoms with van der Waals surface area (Å²) in [7, 11) is -2.91. The number of nitrogens with zero attached hydrogens (tertiary/aromatic N) is 1.